The summed E-state index contributed by atoms with van der Waals surface area (Å²) in [5, 5.41) is 8.93. The minimum Gasteiger partial charge on any atom is -0.477 e. The third-order valence-electron chi connectivity index (χ3n) is 3.94. The summed E-state index contributed by atoms with van der Waals surface area (Å²) in [6.07, 6.45) is 5.74. The van der Waals surface area contributed by atoms with Gasteiger partial charge in [0.1, 0.15) is 5.69 Å². The van der Waals surface area contributed by atoms with Gasteiger partial charge in [-0.1, -0.05) is 13.3 Å². The SMILES string of the molecule is CC[C@H]1CCCN(C(=O)c2ccnc(C(=O)O)c2)CC1. The van der Waals surface area contributed by atoms with Crippen LogP contribution in [0.5, 0.6) is 0 Å². The van der Waals surface area contributed by atoms with Gasteiger partial charge in [0, 0.05) is 24.8 Å². The molecule has 5 nitrogen and oxygen atoms in total. The number of carboxylic acids is 1. The lowest BCUT2D eigenvalue weighted by Gasteiger charge is -2.20. The molecule has 1 amide bonds. The van der Waals surface area contributed by atoms with Gasteiger partial charge in [-0.25, -0.2) is 9.78 Å². The van der Waals surface area contributed by atoms with E-state index < -0.39 is 5.97 Å². The lowest BCUT2D eigenvalue weighted by atomic mass is 9.98. The summed E-state index contributed by atoms with van der Waals surface area (Å²) in [4.78, 5) is 28.9. The third kappa shape index (κ3) is 3.35. The highest BCUT2D eigenvalue weighted by molar-refractivity contribution is 5.96. The fourth-order valence-electron chi connectivity index (χ4n) is 2.64. The molecule has 2 heterocycles. The molecule has 1 saturated heterocycles. The summed E-state index contributed by atoms with van der Waals surface area (Å²) in [5.41, 5.74) is 0.324. The number of likely N-dealkylation sites (tertiary alicyclic amines) is 1. The summed E-state index contributed by atoms with van der Waals surface area (Å²) in [7, 11) is 0. The van der Waals surface area contributed by atoms with Crippen molar-refractivity contribution in [1.29, 1.82) is 0 Å². The van der Waals surface area contributed by atoms with Gasteiger partial charge in [0.15, 0.2) is 0 Å². The van der Waals surface area contributed by atoms with E-state index >= 15 is 0 Å². The second-order valence-electron chi connectivity index (χ2n) is 5.23. The van der Waals surface area contributed by atoms with Crippen LogP contribution in [0.1, 0.15) is 53.5 Å². The van der Waals surface area contributed by atoms with Crippen LogP contribution in [0.4, 0.5) is 0 Å². The van der Waals surface area contributed by atoms with Crippen LogP contribution in [0.15, 0.2) is 18.3 Å². The van der Waals surface area contributed by atoms with E-state index in [4.69, 9.17) is 5.11 Å². The number of hydrogen-bond donors (Lipinski definition) is 1. The third-order valence-corrected chi connectivity index (χ3v) is 3.94. The molecule has 0 radical (unpaired) electrons. The van der Waals surface area contributed by atoms with Crippen molar-refractivity contribution in [2.24, 2.45) is 5.92 Å². The summed E-state index contributed by atoms with van der Waals surface area (Å²) in [6, 6.07) is 2.93. The lowest BCUT2D eigenvalue weighted by molar-refractivity contribution is 0.0690. The Morgan fingerprint density at radius 2 is 2.20 bits per heavy atom. The normalized spacial score (nSPS) is 19.4. The summed E-state index contributed by atoms with van der Waals surface area (Å²) in [5.74, 6) is -0.506. The van der Waals surface area contributed by atoms with Gasteiger partial charge in [-0.3, -0.25) is 4.79 Å². The van der Waals surface area contributed by atoms with Crippen LogP contribution in [0.3, 0.4) is 0 Å². The minimum atomic E-state index is -1.11. The summed E-state index contributed by atoms with van der Waals surface area (Å²) in [6.45, 7) is 3.69. The van der Waals surface area contributed by atoms with Crippen molar-refractivity contribution in [1.82, 2.24) is 9.88 Å². The maximum absolute atomic E-state index is 12.4. The van der Waals surface area contributed by atoms with E-state index in [-0.39, 0.29) is 11.6 Å². The first-order valence-electron chi connectivity index (χ1n) is 7.10. The number of hydrogen-bond acceptors (Lipinski definition) is 3. The number of amides is 1. The Morgan fingerprint density at radius 1 is 1.40 bits per heavy atom. The zero-order valence-corrected chi connectivity index (χ0v) is 11.7. The van der Waals surface area contributed by atoms with E-state index in [1.165, 1.54) is 12.3 Å². The predicted octanol–water partition coefficient (Wildman–Crippen LogP) is 2.43. The van der Waals surface area contributed by atoms with Crippen molar-refractivity contribution in [3.63, 3.8) is 0 Å². The molecule has 1 aliphatic rings. The largest absolute Gasteiger partial charge is 0.477 e. The second-order valence-corrected chi connectivity index (χ2v) is 5.23. The molecule has 0 saturated carbocycles. The Kier molecular flexibility index (Phi) is 4.71. The molecule has 0 unspecified atom stereocenters. The highest BCUT2D eigenvalue weighted by Crippen LogP contribution is 2.21. The standard InChI is InChI=1S/C15H20N2O3/c1-2-11-4-3-8-17(9-6-11)14(18)12-5-7-16-13(10-12)15(19)20/h5,7,10-11H,2-4,6,8-9H2,1H3,(H,19,20)/t11-/m0/s1. The minimum absolute atomic E-state index is 0.0860. The number of carboxylic acid groups (broad SMARTS) is 1. The maximum Gasteiger partial charge on any atom is 0.354 e. The van der Waals surface area contributed by atoms with Gasteiger partial charge in [0.25, 0.3) is 5.91 Å². The highest BCUT2D eigenvalue weighted by Gasteiger charge is 2.21. The van der Waals surface area contributed by atoms with Crippen molar-refractivity contribution in [3.8, 4) is 0 Å². The van der Waals surface area contributed by atoms with Crippen LogP contribution in [-0.2, 0) is 0 Å². The monoisotopic (exact) mass is 276 g/mol. The first-order chi connectivity index (χ1) is 9.61. The van der Waals surface area contributed by atoms with E-state index in [0.29, 0.717) is 11.5 Å². The van der Waals surface area contributed by atoms with Gasteiger partial charge >= 0.3 is 5.97 Å². The second kappa shape index (κ2) is 6.50. The Morgan fingerprint density at radius 3 is 2.90 bits per heavy atom. The quantitative estimate of drug-likeness (QED) is 0.920. The van der Waals surface area contributed by atoms with Crippen LogP contribution in [-0.4, -0.2) is 40.0 Å². The summed E-state index contributed by atoms with van der Waals surface area (Å²) >= 11 is 0. The zero-order valence-electron chi connectivity index (χ0n) is 11.7. The Labute approximate surface area is 118 Å². The lowest BCUT2D eigenvalue weighted by Crippen LogP contribution is -2.32. The molecule has 108 valence electrons. The van der Waals surface area contributed by atoms with Crippen molar-refractivity contribution < 1.29 is 14.7 Å². The topological polar surface area (TPSA) is 70.5 Å². The molecule has 0 aliphatic carbocycles. The van der Waals surface area contributed by atoms with Gasteiger partial charge < -0.3 is 10.0 Å². The number of carbonyl (C=O) groups excluding carboxylic acids is 1. The number of rotatable bonds is 3. The molecule has 1 atom stereocenters. The molecule has 20 heavy (non-hydrogen) atoms. The highest BCUT2D eigenvalue weighted by atomic mass is 16.4. The Bertz CT molecular complexity index is 502. The van der Waals surface area contributed by atoms with E-state index in [9.17, 15) is 9.59 Å². The van der Waals surface area contributed by atoms with Crippen LogP contribution < -0.4 is 0 Å². The molecule has 1 aromatic rings. The predicted molar refractivity (Wildman–Crippen MR) is 74.7 cm³/mol. The van der Waals surface area contributed by atoms with Crippen LogP contribution in [0, 0.1) is 5.92 Å². The van der Waals surface area contributed by atoms with E-state index in [0.717, 1.165) is 38.8 Å². The zero-order chi connectivity index (χ0) is 14.5. The molecule has 1 fully saturated rings. The molecule has 1 aromatic heterocycles. The summed E-state index contributed by atoms with van der Waals surface area (Å²) < 4.78 is 0. The van der Waals surface area contributed by atoms with Gasteiger partial charge in [0.05, 0.1) is 0 Å². The first-order valence-corrected chi connectivity index (χ1v) is 7.10. The van der Waals surface area contributed by atoms with Gasteiger partial charge in [-0.15, -0.1) is 0 Å². The van der Waals surface area contributed by atoms with Crippen LogP contribution in [0.25, 0.3) is 0 Å². The molecule has 1 N–H and O–H groups in total. The maximum atomic E-state index is 12.4. The van der Waals surface area contributed by atoms with Gasteiger partial charge in [-0.2, -0.15) is 0 Å². The molecule has 0 spiro atoms. The average Bonchev–Trinajstić information content (AvgIpc) is 2.72. The van der Waals surface area contributed by atoms with Crippen LogP contribution in [0.2, 0.25) is 0 Å². The number of aromatic nitrogens is 1. The fraction of sp³-hybridized carbons (Fsp3) is 0.533. The number of carbonyl (C=O) groups is 2. The number of pyridine rings is 1. The van der Waals surface area contributed by atoms with Gasteiger partial charge in [-0.05, 0) is 37.3 Å². The molecule has 0 bridgehead atoms. The smallest absolute Gasteiger partial charge is 0.354 e. The number of aromatic carboxylic acids is 1. The Balaban J connectivity index is 2.10. The molecule has 2 rings (SSSR count). The van der Waals surface area contributed by atoms with E-state index in [1.54, 1.807) is 6.07 Å². The van der Waals surface area contributed by atoms with E-state index in [2.05, 4.69) is 11.9 Å². The molecular weight excluding hydrogens is 256 g/mol. The molecule has 0 aromatic carbocycles. The first kappa shape index (κ1) is 14.5. The Hall–Kier alpha value is -1.91. The molecule has 1 aliphatic heterocycles. The van der Waals surface area contributed by atoms with Crippen LogP contribution >= 0.6 is 0 Å². The fourth-order valence-corrected chi connectivity index (χ4v) is 2.64. The van der Waals surface area contributed by atoms with Crippen molar-refractivity contribution in [2.45, 2.75) is 32.6 Å². The van der Waals surface area contributed by atoms with Crippen molar-refractivity contribution >= 4 is 11.9 Å². The molecule has 5 heteroatoms. The van der Waals surface area contributed by atoms with Crippen molar-refractivity contribution in [2.75, 3.05) is 13.1 Å². The van der Waals surface area contributed by atoms with Crippen molar-refractivity contribution in [3.05, 3.63) is 29.6 Å². The van der Waals surface area contributed by atoms with Gasteiger partial charge in [0.2, 0.25) is 0 Å². The average molecular weight is 276 g/mol. The van der Waals surface area contributed by atoms with E-state index in [1.807, 2.05) is 4.90 Å². The number of nitrogens with zero attached hydrogens (tertiary/aromatic N) is 2. The molecular formula is C15H20N2O3.